The van der Waals surface area contributed by atoms with Gasteiger partial charge >= 0.3 is 0 Å². The molecule has 0 saturated carbocycles. The molecule has 2 aliphatic heterocycles. The Hall–Kier alpha value is -1.84. The Kier molecular flexibility index (Phi) is 6.10. The second-order valence-electron chi connectivity index (χ2n) is 12.7. The number of benzene rings is 1. The predicted octanol–water partition coefficient (Wildman–Crippen LogP) is 6.22. The van der Waals surface area contributed by atoms with Crippen LogP contribution in [0.3, 0.4) is 0 Å². The Labute approximate surface area is 189 Å². The first-order valence-electron chi connectivity index (χ1n) is 11.6. The third kappa shape index (κ3) is 5.15. The molecule has 1 aromatic rings. The van der Waals surface area contributed by atoms with Gasteiger partial charge in [0, 0.05) is 0 Å². The minimum Gasteiger partial charge on any atom is -0.478 e. The largest absolute Gasteiger partial charge is 0.478 e. The minimum atomic E-state index is -0.511. The Morgan fingerprint density at radius 1 is 0.710 bits per heavy atom. The summed E-state index contributed by atoms with van der Waals surface area (Å²) in [6, 6.07) is 9.22. The average molecular weight is 427 g/mol. The lowest BCUT2D eigenvalue weighted by atomic mass is 9.81. The molecule has 0 radical (unpaired) electrons. The van der Waals surface area contributed by atoms with Crippen molar-refractivity contribution < 1.29 is 9.47 Å². The quantitative estimate of drug-likeness (QED) is 0.573. The van der Waals surface area contributed by atoms with Crippen LogP contribution in [0.4, 0.5) is 0 Å². The molecule has 4 nitrogen and oxygen atoms in total. The van der Waals surface area contributed by atoms with Crippen molar-refractivity contribution in [1.29, 1.82) is 0 Å². The van der Waals surface area contributed by atoms with Gasteiger partial charge in [-0.25, -0.2) is 9.98 Å². The molecule has 0 aromatic heterocycles. The Morgan fingerprint density at radius 2 is 1.13 bits per heavy atom. The van der Waals surface area contributed by atoms with Crippen LogP contribution in [0.5, 0.6) is 0 Å². The number of hydrogen-bond donors (Lipinski definition) is 0. The van der Waals surface area contributed by atoms with Crippen LogP contribution in [0, 0.1) is 16.2 Å². The highest BCUT2D eigenvalue weighted by molar-refractivity contribution is 6.06. The van der Waals surface area contributed by atoms with Crippen LogP contribution in [-0.4, -0.2) is 37.1 Å². The first kappa shape index (κ1) is 23.8. The molecule has 2 heterocycles. The number of rotatable bonds is 4. The van der Waals surface area contributed by atoms with E-state index < -0.39 is 5.41 Å². The maximum absolute atomic E-state index is 6.23. The smallest absolute Gasteiger partial charge is 0.199 e. The van der Waals surface area contributed by atoms with Crippen LogP contribution < -0.4 is 0 Å². The zero-order valence-electron chi connectivity index (χ0n) is 21.3. The van der Waals surface area contributed by atoms with Crippen molar-refractivity contribution in [2.45, 2.75) is 93.2 Å². The monoisotopic (exact) mass is 426 g/mol. The fraction of sp³-hybridized carbons (Fsp3) is 0.704. The van der Waals surface area contributed by atoms with Crippen LogP contribution >= 0.6 is 0 Å². The van der Waals surface area contributed by atoms with Crippen LogP contribution in [0.1, 0.15) is 80.4 Å². The van der Waals surface area contributed by atoms with E-state index in [-0.39, 0.29) is 28.3 Å². The molecule has 0 aliphatic carbocycles. The molecule has 3 rings (SSSR count). The molecule has 1 aromatic carbocycles. The molecule has 2 aliphatic rings. The van der Waals surface area contributed by atoms with E-state index in [1.54, 1.807) is 0 Å². The summed E-state index contributed by atoms with van der Waals surface area (Å²) < 4.78 is 12.5. The minimum absolute atomic E-state index is 0.0588. The summed E-state index contributed by atoms with van der Waals surface area (Å²) in [6.07, 6.45) is 0.753. The Balaban J connectivity index is 1.98. The van der Waals surface area contributed by atoms with E-state index in [1.165, 1.54) is 11.1 Å². The number of nitrogens with zero attached hydrogens (tertiary/aromatic N) is 2. The van der Waals surface area contributed by atoms with E-state index >= 15 is 0 Å². The highest BCUT2D eigenvalue weighted by atomic mass is 16.5. The van der Waals surface area contributed by atoms with Gasteiger partial charge in [0.2, 0.25) is 0 Å². The van der Waals surface area contributed by atoms with Gasteiger partial charge in [0.05, 0.1) is 12.1 Å². The van der Waals surface area contributed by atoms with E-state index in [9.17, 15) is 0 Å². The number of aliphatic imine (C=N–C) groups is 2. The lowest BCUT2D eigenvalue weighted by Crippen LogP contribution is -2.39. The van der Waals surface area contributed by atoms with Gasteiger partial charge in [-0.3, -0.25) is 0 Å². The molecular formula is C27H42N2O2. The topological polar surface area (TPSA) is 43.2 Å². The standard InChI is InChI=1S/C27H42N2O2/c1-24(2,3)19-13-11-18(12-14-19)15-27(10,22-28-20(16-30-22)25(4,5)6)23-29-21(17-31-23)26(7,8)9/h11-14,20-21H,15-17H2,1-10H3. The van der Waals surface area contributed by atoms with Crippen LogP contribution in [-0.2, 0) is 21.3 Å². The van der Waals surface area contributed by atoms with Crippen molar-refractivity contribution >= 4 is 11.8 Å². The van der Waals surface area contributed by atoms with Crippen LogP contribution in [0.25, 0.3) is 0 Å². The molecule has 0 fully saturated rings. The SMILES string of the molecule is CC(Cc1ccc(C(C)(C)C)cc1)(C1=NC(C(C)(C)C)CO1)C1=NC(C(C)(C)C)CO1. The van der Waals surface area contributed by atoms with Gasteiger partial charge in [0.25, 0.3) is 0 Å². The molecule has 2 atom stereocenters. The van der Waals surface area contributed by atoms with Gasteiger partial charge in [0.15, 0.2) is 11.8 Å². The highest BCUT2D eigenvalue weighted by Gasteiger charge is 2.47. The van der Waals surface area contributed by atoms with Gasteiger partial charge in [0.1, 0.15) is 18.6 Å². The molecular weight excluding hydrogens is 384 g/mol. The summed E-state index contributed by atoms with van der Waals surface area (Å²) in [5.41, 5.74) is 2.32. The van der Waals surface area contributed by atoms with Crippen molar-refractivity contribution in [3.63, 3.8) is 0 Å². The van der Waals surface area contributed by atoms with Crippen molar-refractivity contribution in [1.82, 2.24) is 0 Å². The van der Waals surface area contributed by atoms with Crippen molar-refractivity contribution in [3.8, 4) is 0 Å². The molecule has 0 saturated heterocycles. The molecule has 0 bridgehead atoms. The second-order valence-corrected chi connectivity index (χ2v) is 12.7. The van der Waals surface area contributed by atoms with Gasteiger partial charge in [-0.2, -0.15) is 0 Å². The van der Waals surface area contributed by atoms with E-state index in [0.29, 0.717) is 13.2 Å². The van der Waals surface area contributed by atoms with Crippen LogP contribution in [0.15, 0.2) is 34.3 Å². The van der Waals surface area contributed by atoms with Gasteiger partial charge < -0.3 is 9.47 Å². The summed E-state index contributed by atoms with van der Waals surface area (Å²) in [5, 5.41) is 0. The third-order valence-corrected chi connectivity index (χ3v) is 6.62. The second kappa shape index (κ2) is 7.94. The molecule has 0 spiro atoms. The third-order valence-electron chi connectivity index (χ3n) is 6.62. The Morgan fingerprint density at radius 3 is 1.45 bits per heavy atom. The lowest BCUT2D eigenvalue weighted by Gasteiger charge is -2.28. The Bertz CT molecular complexity index is 805. The molecule has 31 heavy (non-hydrogen) atoms. The predicted molar refractivity (Wildman–Crippen MR) is 130 cm³/mol. The van der Waals surface area contributed by atoms with Gasteiger partial charge in [-0.15, -0.1) is 0 Å². The number of ether oxygens (including phenoxy) is 2. The summed E-state index contributed by atoms with van der Waals surface area (Å²) in [5.74, 6) is 1.53. The van der Waals surface area contributed by atoms with E-state index in [0.717, 1.165) is 18.2 Å². The molecule has 4 heteroatoms. The molecule has 172 valence electrons. The maximum atomic E-state index is 6.23. The molecule has 0 N–H and O–H groups in total. The normalized spacial score (nSPS) is 24.2. The summed E-state index contributed by atoms with van der Waals surface area (Å²) >= 11 is 0. The van der Waals surface area contributed by atoms with Crippen molar-refractivity contribution in [2.75, 3.05) is 13.2 Å². The van der Waals surface area contributed by atoms with E-state index in [2.05, 4.69) is 93.5 Å². The van der Waals surface area contributed by atoms with Crippen LogP contribution in [0.2, 0.25) is 0 Å². The molecule has 0 amide bonds. The summed E-state index contributed by atoms with van der Waals surface area (Å²) in [4.78, 5) is 10.1. The highest BCUT2D eigenvalue weighted by Crippen LogP contribution is 2.38. The molecule has 2 unspecified atom stereocenters. The maximum Gasteiger partial charge on any atom is 0.199 e. The van der Waals surface area contributed by atoms with Crippen molar-refractivity contribution in [3.05, 3.63) is 35.4 Å². The fourth-order valence-corrected chi connectivity index (χ4v) is 4.01. The van der Waals surface area contributed by atoms with E-state index in [4.69, 9.17) is 19.5 Å². The number of hydrogen-bond acceptors (Lipinski definition) is 4. The fourth-order valence-electron chi connectivity index (χ4n) is 4.01. The summed E-state index contributed by atoms with van der Waals surface area (Å²) in [7, 11) is 0. The first-order valence-corrected chi connectivity index (χ1v) is 11.6. The summed E-state index contributed by atoms with van der Waals surface area (Å²) in [6.45, 7) is 23.5. The van der Waals surface area contributed by atoms with Gasteiger partial charge in [-0.05, 0) is 40.7 Å². The first-order chi connectivity index (χ1) is 14.1. The zero-order valence-corrected chi connectivity index (χ0v) is 21.3. The zero-order chi connectivity index (χ0) is 23.2. The van der Waals surface area contributed by atoms with Gasteiger partial charge in [-0.1, -0.05) is 86.6 Å². The average Bonchev–Trinajstić information content (AvgIpc) is 3.31. The van der Waals surface area contributed by atoms with Crippen molar-refractivity contribution in [2.24, 2.45) is 26.2 Å². The lowest BCUT2D eigenvalue weighted by molar-refractivity contribution is 0.210. The van der Waals surface area contributed by atoms with E-state index in [1.807, 2.05) is 0 Å².